The van der Waals surface area contributed by atoms with Crippen molar-refractivity contribution < 1.29 is 4.79 Å². The van der Waals surface area contributed by atoms with Crippen LogP contribution in [0.2, 0.25) is 0 Å². The Kier molecular flexibility index (Phi) is 4.93. The van der Waals surface area contributed by atoms with Gasteiger partial charge in [-0.05, 0) is 31.5 Å². The smallest absolute Gasteiger partial charge is 0.234 e. The van der Waals surface area contributed by atoms with Crippen molar-refractivity contribution in [1.29, 1.82) is 0 Å². The maximum atomic E-state index is 12.1. The van der Waals surface area contributed by atoms with E-state index < -0.39 is 0 Å². The Morgan fingerprint density at radius 2 is 2.04 bits per heavy atom. The van der Waals surface area contributed by atoms with Gasteiger partial charge in [-0.15, -0.1) is 11.3 Å². The van der Waals surface area contributed by atoms with Crippen LogP contribution in [0.1, 0.15) is 17.4 Å². The number of thioether (sulfide) groups is 1. The fourth-order valence-electron chi connectivity index (χ4n) is 2.14. The number of anilines is 1. The van der Waals surface area contributed by atoms with Crippen molar-refractivity contribution in [3.63, 3.8) is 0 Å². The number of amides is 1. The third kappa shape index (κ3) is 3.89. The van der Waals surface area contributed by atoms with Crippen LogP contribution in [-0.2, 0) is 11.2 Å². The molecule has 0 saturated carbocycles. The first-order valence-corrected chi connectivity index (χ1v) is 9.18. The molecule has 0 atom stereocenters. The number of carbonyl (C=O) groups excluding carboxylic acids is 1. The number of nitrogens with zero attached hydrogens (tertiary/aromatic N) is 2. The highest BCUT2D eigenvalue weighted by molar-refractivity contribution is 8.00. The van der Waals surface area contributed by atoms with Crippen molar-refractivity contribution in [3.8, 4) is 0 Å². The predicted molar refractivity (Wildman–Crippen MR) is 97.3 cm³/mol. The molecule has 0 saturated heterocycles. The first-order valence-electron chi connectivity index (χ1n) is 7.38. The van der Waals surface area contributed by atoms with E-state index in [0.717, 1.165) is 27.4 Å². The Labute approximate surface area is 143 Å². The third-order valence-electron chi connectivity index (χ3n) is 3.37. The van der Waals surface area contributed by atoms with Gasteiger partial charge in [-0.2, -0.15) is 0 Å². The van der Waals surface area contributed by atoms with Gasteiger partial charge in [0, 0.05) is 16.0 Å². The van der Waals surface area contributed by atoms with Gasteiger partial charge in [0.2, 0.25) is 5.91 Å². The first kappa shape index (κ1) is 16.0. The van der Waals surface area contributed by atoms with Crippen molar-refractivity contribution >= 4 is 44.9 Å². The summed E-state index contributed by atoms with van der Waals surface area (Å²) in [6.07, 6.45) is 2.55. The predicted octanol–water partition coefficient (Wildman–Crippen LogP) is 4.29. The molecule has 1 N–H and O–H groups in total. The molecule has 3 aromatic rings. The SMILES string of the molecule is CCc1cc2c(SCC(=O)Nc3ccc(C)cc3)ncnc2s1. The molecule has 0 aliphatic heterocycles. The van der Waals surface area contributed by atoms with Crippen molar-refractivity contribution in [3.05, 3.63) is 47.1 Å². The number of thiophene rings is 1. The second kappa shape index (κ2) is 7.10. The lowest BCUT2D eigenvalue weighted by atomic mass is 10.2. The minimum absolute atomic E-state index is 0.0310. The molecule has 1 amide bonds. The number of aryl methyl sites for hydroxylation is 2. The summed E-state index contributed by atoms with van der Waals surface area (Å²) in [5.74, 6) is 0.300. The van der Waals surface area contributed by atoms with Gasteiger partial charge in [0.25, 0.3) is 0 Å². The zero-order valence-corrected chi connectivity index (χ0v) is 14.6. The van der Waals surface area contributed by atoms with Crippen LogP contribution < -0.4 is 5.32 Å². The molecule has 0 radical (unpaired) electrons. The summed E-state index contributed by atoms with van der Waals surface area (Å²) < 4.78 is 0. The van der Waals surface area contributed by atoms with E-state index in [1.807, 2.05) is 31.2 Å². The van der Waals surface area contributed by atoms with Gasteiger partial charge in [-0.1, -0.05) is 36.4 Å². The van der Waals surface area contributed by atoms with E-state index in [9.17, 15) is 4.79 Å². The molecule has 3 rings (SSSR count). The minimum Gasteiger partial charge on any atom is -0.325 e. The van der Waals surface area contributed by atoms with Crippen molar-refractivity contribution in [1.82, 2.24) is 9.97 Å². The zero-order chi connectivity index (χ0) is 16.2. The highest BCUT2D eigenvalue weighted by atomic mass is 32.2. The number of nitrogens with one attached hydrogen (secondary N) is 1. The number of hydrogen-bond donors (Lipinski definition) is 1. The molecule has 1 aromatic carbocycles. The van der Waals surface area contributed by atoms with Gasteiger partial charge in [-0.25, -0.2) is 9.97 Å². The van der Waals surface area contributed by atoms with Gasteiger partial charge in [0.1, 0.15) is 16.2 Å². The Hall–Kier alpha value is -1.92. The molecule has 0 aliphatic rings. The summed E-state index contributed by atoms with van der Waals surface area (Å²) in [7, 11) is 0. The molecule has 0 spiro atoms. The number of rotatable bonds is 5. The molecule has 0 unspecified atom stereocenters. The molecule has 23 heavy (non-hydrogen) atoms. The van der Waals surface area contributed by atoms with Crippen LogP contribution in [-0.4, -0.2) is 21.6 Å². The van der Waals surface area contributed by atoms with E-state index in [2.05, 4.69) is 28.3 Å². The first-order chi connectivity index (χ1) is 11.2. The lowest BCUT2D eigenvalue weighted by Crippen LogP contribution is -2.14. The van der Waals surface area contributed by atoms with Crippen LogP contribution in [0, 0.1) is 6.92 Å². The molecule has 0 bridgehead atoms. The minimum atomic E-state index is -0.0310. The number of benzene rings is 1. The van der Waals surface area contributed by atoms with Crippen LogP contribution in [0.5, 0.6) is 0 Å². The van der Waals surface area contributed by atoms with E-state index in [-0.39, 0.29) is 5.91 Å². The summed E-state index contributed by atoms with van der Waals surface area (Å²) in [5.41, 5.74) is 1.99. The Balaban J connectivity index is 1.67. The van der Waals surface area contributed by atoms with Gasteiger partial charge < -0.3 is 5.32 Å². The number of hydrogen-bond acceptors (Lipinski definition) is 5. The number of fused-ring (bicyclic) bond motifs is 1. The fourth-order valence-corrected chi connectivity index (χ4v) is 3.91. The van der Waals surface area contributed by atoms with Crippen molar-refractivity contribution in [2.75, 3.05) is 11.1 Å². The number of carbonyl (C=O) groups is 1. The summed E-state index contributed by atoms with van der Waals surface area (Å²) in [5, 5.41) is 4.81. The zero-order valence-electron chi connectivity index (χ0n) is 13.0. The van der Waals surface area contributed by atoms with Crippen LogP contribution in [0.4, 0.5) is 5.69 Å². The monoisotopic (exact) mass is 343 g/mol. The van der Waals surface area contributed by atoms with Gasteiger partial charge >= 0.3 is 0 Å². The van der Waals surface area contributed by atoms with E-state index in [1.54, 1.807) is 17.7 Å². The molecular weight excluding hydrogens is 326 g/mol. The normalized spacial score (nSPS) is 10.9. The van der Waals surface area contributed by atoms with Crippen LogP contribution in [0.25, 0.3) is 10.2 Å². The van der Waals surface area contributed by atoms with Crippen LogP contribution >= 0.6 is 23.1 Å². The van der Waals surface area contributed by atoms with Gasteiger partial charge in [-0.3, -0.25) is 4.79 Å². The molecular formula is C17H17N3OS2. The summed E-state index contributed by atoms with van der Waals surface area (Å²) in [4.78, 5) is 23.0. The quantitative estimate of drug-likeness (QED) is 0.554. The van der Waals surface area contributed by atoms with E-state index in [4.69, 9.17) is 0 Å². The molecule has 4 nitrogen and oxygen atoms in total. The highest BCUT2D eigenvalue weighted by Gasteiger charge is 2.10. The molecule has 2 aromatic heterocycles. The van der Waals surface area contributed by atoms with Crippen molar-refractivity contribution in [2.45, 2.75) is 25.3 Å². The molecule has 6 heteroatoms. The van der Waals surface area contributed by atoms with E-state index in [0.29, 0.717) is 5.75 Å². The average Bonchev–Trinajstić information content (AvgIpc) is 2.99. The maximum Gasteiger partial charge on any atom is 0.234 e. The Morgan fingerprint density at radius 1 is 1.26 bits per heavy atom. The maximum absolute atomic E-state index is 12.1. The fraction of sp³-hybridized carbons (Fsp3) is 0.235. The third-order valence-corrected chi connectivity index (χ3v) is 5.56. The summed E-state index contributed by atoms with van der Waals surface area (Å²) in [6, 6.07) is 9.91. The molecule has 0 fully saturated rings. The summed E-state index contributed by atoms with van der Waals surface area (Å²) in [6.45, 7) is 4.15. The largest absolute Gasteiger partial charge is 0.325 e. The average molecular weight is 343 g/mol. The molecule has 2 heterocycles. The van der Waals surface area contributed by atoms with Gasteiger partial charge in [0.05, 0.1) is 5.75 Å². The number of aromatic nitrogens is 2. The topological polar surface area (TPSA) is 54.9 Å². The Bertz CT molecular complexity index is 827. The van der Waals surface area contributed by atoms with Gasteiger partial charge in [0.15, 0.2) is 0 Å². The highest BCUT2D eigenvalue weighted by Crippen LogP contribution is 2.30. The van der Waals surface area contributed by atoms with Crippen LogP contribution in [0.15, 0.2) is 41.7 Å². The molecule has 0 aliphatic carbocycles. The lowest BCUT2D eigenvalue weighted by molar-refractivity contribution is -0.113. The van der Waals surface area contributed by atoms with E-state index in [1.165, 1.54) is 22.2 Å². The standard InChI is InChI=1S/C17H17N3OS2/c1-3-13-8-14-16(18-10-19-17(14)23-13)22-9-15(21)20-12-6-4-11(2)5-7-12/h4-8,10H,3,9H2,1-2H3,(H,20,21). The lowest BCUT2D eigenvalue weighted by Gasteiger charge is -2.05. The van der Waals surface area contributed by atoms with Crippen LogP contribution in [0.3, 0.4) is 0 Å². The Morgan fingerprint density at radius 3 is 2.78 bits per heavy atom. The second-order valence-electron chi connectivity index (χ2n) is 5.17. The summed E-state index contributed by atoms with van der Waals surface area (Å²) >= 11 is 3.13. The second-order valence-corrected chi connectivity index (χ2v) is 7.25. The van der Waals surface area contributed by atoms with Crippen molar-refractivity contribution in [2.24, 2.45) is 0 Å². The van der Waals surface area contributed by atoms with E-state index >= 15 is 0 Å². The molecule has 118 valence electrons.